The molecule has 0 saturated carbocycles. The SMILES string of the molecule is COc1cccc(-n2ccnc2N2CCN(C(=O)c3ccc(OC(C)C)cc3)CC2)c1. The lowest BCUT2D eigenvalue weighted by molar-refractivity contribution is 0.0746. The summed E-state index contributed by atoms with van der Waals surface area (Å²) in [7, 11) is 1.66. The summed E-state index contributed by atoms with van der Waals surface area (Å²) < 4.78 is 13.1. The Hall–Kier alpha value is -3.48. The molecule has 7 heteroatoms. The van der Waals surface area contributed by atoms with Gasteiger partial charge in [0.25, 0.3) is 5.91 Å². The van der Waals surface area contributed by atoms with Crippen LogP contribution in [0.15, 0.2) is 60.9 Å². The van der Waals surface area contributed by atoms with Crippen molar-refractivity contribution < 1.29 is 14.3 Å². The van der Waals surface area contributed by atoms with E-state index in [2.05, 4.69) is 9.88 Å². The molecule has 1 amide bonds. The Morgan fingerprint density at radius 3 is 2.42 bits per heavy atom. The van der Waals surface area contributed by atoms with E-state index in [0.29, 0.717) is 18.7 Å². The molecule has 3 aromatic rings. The Bertz CT molecular complexity index is 1020. The minimum Gasteiger partial charge on any atom is -0.497 e. The van der Waals surface area contributed by atoms with Gasteiger partial charge in [-0.2, -0.15) is 0 Å². The van der Waals surface area contributed by atoms with E-state index in [0.717, 1.165) is 36.2 Å². The number of anilines is 1. The molecule has 1 aliphatic heterocycles. The van der Waals surface area contributed by atoms with Gasteiger partial charge in [-0.25, -0.2) is 4.98 Å². The van der Waals surface area contributed by atoms with Crippen LogP contribution >= 0.6 is 0 Å². The van der Waals surface area contributed by atoms with Gasteiger partial charge in [0.05, 0.1) is 18.9 Å². The minimum absolute atomic E-state index is 0.0480. The van der Waals surface area contributed by atoms with Crippen LogP contribution in [0.4, 0.5) is 5.95 Å². The van der Waals surface area contributed by atoms with Gasteiger partial charge in [0.1, 0.15) is 11.5 Å². The number of nitrogens with zero attached hydrogens (tertiary/aromatic N) is 4. The van der Waals surface area contributed by atoms with Crippen molar-refractivity contribution in [3.05, 3.63) is 66.5 Å². The van der Waals surface area contributed by atoms with E-state index in [4.69, 9.17) is 9.47 Å². The molecule has 0 bridgehead atoms. The summed E-state index contributed by atoms with van der Waals surface area (Å²) in [4.78, 5) is 21.6. The van der Waals surface area contributed by atoms with Crippen molar-refractivity contribution in [2.45, 2.75) is 20.0 Å². The molecule has 0 spiro atoms. The van der Waals surface area contributed by atoms with Gasteiger partial charge in [-0.05, 0) is 50.2 Å². The molecule has 0 N–H and O–H groups in total. The second kappa shape index (κ2) is 9.12. The minimum atomic E-state index is 0.0480. The van der Waals surface area contributed by atoms with Crippen LogP contribution in [0.3, 0.4) is 0 Å². The number of aromatic nitrogens is 2. The van der Waals surface area contributed by atoms with Crippen molar-refractivity contribution in [2.75, 3.05) is 38.2 Å². The Morgan fingerprint density at radius 1 is 1.00 bits per heavy atom. The number of piperazine rings is 1. The van der Waals surface area contributed by atoms with Gasteiger partial charge in [-0.15, -0.1) is 0 Å². The van der Waals surface area contributed by atoms with Crippen molar-refractivity contribution in [1.29, 1.82) is 0 Å². The topological polar surface area (TPSA) is 59.8 Å². The molecule has 0 aliphatic carbocycles. The molecule has 1 saturated heterocycles. The fraction of sp³-hybridized carbons (Fsp3) is 0.333. The summed E-state index contributed by atoms with van der Waals surface area (Å²) in [6.07, 6.45) is 3.86. The van der Waals surface area contributed by atoms with E-state index in [1.165, 1.54) is 0 Å². The fourth-order valence-electron chi connectivity index (χ4n) is 3.73. The maximum absolute atomic E-state index is 12.9. The second-order valence-corrected chi connectivity index (χ2v) is 7.77. The summed E-state index contributed by atoms with van der Waals surface area (Å²) in [5, 5.41) is 0. The zero-order valence-electron chi connectivity index (χ0n) is 18.2. The van der Waals surface area contributed by atoms with Gasteiger partial charge < -0.3 is 19.3 Å². The van der Waals surface area contributed by atoms with Gasteiger partial charge in [0, 0.05) is 50.2 Å². The van der Waals surface area contributed by atoms with Crippen LogP contribution in [0, 0.1) is 0 Å². The van der Waals surface area contributed by atoms with Crippen molar-refractivity contribution in [2.24, 2.45) is 0 Å². The van der Waals surface area contributed by atoms with E-state index in [-0.39, 0.29) is 12.0 Å². The van der Waals surface area contributed by atoms with Gasteiger partial charge >= 0.3 is 0 Å². The van der Waals surface area contributed by atoms with Gasteiger partial charge in [-0.3, -0.25) is 9.36 Å². The monoisotopic (exact) mass is 420 g/mol. The molecule has 1 aromatic heterocycles. The zero-order valence-corrected chi connectivity index (χ0v) is 18.2. The maximum Gasteiger partial charge on any atom is 0.253 e. The smallest absolute Gasteiger partial charge is 0.253 e. The lowest BCUT2D eigenvalue weighted by Gasteiger charge is -2.35. The molecule has 1 fully saturated rings. The summed E-state index contributed by atoms with van der Waals surface area (Å²) >= 11 is 0. The van der Waals surface area contributed by atoms with E-state index in [9.17, 15) is 4.79 Å². The van der Waals surface area contributed by atoms with Crippen LogP contribution in [0.1, 0.15) is 24.2 Å². The van der Waals surface area contributed by atoms with Crippen molar-refractivity contribution in [3.8, 4) is 17.2 Å². The van der Waals surface area contributed by atoms with Gasteiger partial charge in [-0.1, -0.05) is 6.07 Å². The van der Waals surface area contributed by atoms with Crippen LogP contribution in [-0.2, 0) is 0 Å². The number of amides is 1. The first kappa shape index (κ1) is 20.8. The second-order valence-electron chi connectivity index (χ2n) is 7.77. The van der Waals surface area contributed by atoms with E-state index >= 15 is 0 Å². The highest BCUT2D eigenvalue weighted by molar-refractivity contribution is 5.94. The Balaban J connectivity index is 1.41. The molecule has 2 aromatic carbocycles. The normalized spacial score (nSPS) is 14.1. The van der Waals surface area contributed by atoms with E-state index < -0.39 is 0 Å². The highest BCUT2D eigenvalue weighted by Crippen LogP contribution is 2.23. The average molecular weight is 421 g/mol. The van der Waals surface area contributed by atoms with Gasteiger partial charge in [0.2, 0.25) is 5.95 Å². The molecule has 7 nitrogen and oxygen atoms in total. The first-order chi connectivity index (χ1) is 15.0. The largest absolute Gasteiger partial charge is 0.497 e. The number of carbonyl (C=O) groups is 1. The Kier molecular flexibility index (Phi) is 6.11. The van der Waals surface area contributed by atoms with Crippen LogP contribution in [0.5, 0.6) is 11.5 Å². The molecule has 0 unspecified atom stereocenters. The molecular weight excluding hydrogens is 392 g/mol. The summed E-state index contributed by atoms with van der Waals surface area (Å²) in [5.41, 5.74) is 1.68. The quantitative estimate of drug-likeness (QED) is 0.610. The third-order valence-electron chi connectivity index (χ3n) is 5.28. The molecule has 2 heterocycles. The lowest BCUT2D eigenvalue weighted by atomic mass is 10.1. The average Bonchev–Trinajstić information content (AvgIpc) is 3.29. The van der Waals surface area contributed by atoms with Crippen molar-refractivity contribution in [3.63, 3.8) is 0 Å². The lowest BCUT2D eigenvalue weighted by Crippen LogP contribution is -2.49. The molecule has 1 aliphatic rings. The standard InChI is InChI=1S/C24H28N4O3/c1-18(2)31-21-9-7-19(8-10-21)23(29)26-13-15-27(16-14-26)24-25-11-12-28(24)20-5-4-6-22(17-20)30-3/h4-12,17-18H,13-16H2,1-3H3. The molecule has 0 radical (unpaired) electrons. The number of imidazole rings is 1. The highest BCUT2D eigenvalue weighted by atomic mass is 16.5. The predicted octanol–water partition coefficient (Wildman–Crippen LogP) is 3.63. The van der Waals surface area contributed by atoms with Crippen LogP contribution in [0.2, 0.25) is 0 Å². The molecule has 0 atom stereocenters. The van der Waals surface area contributed by atoms with E-state index in [1.54, 1.807) is 13.3 Å². The first-order valence-corrected chi connectivity index (χ1v) is 10.5. The number of methoxy groups -OCH3 is 1. The van der Waals surface area contributed by atoms with Crippen molar-refractivity contribution in [1.82, 2.24) is 14.5 Å². The summed E-state index contributed by atoms with van der Waals surface area (Å²) in [6.45, 7) is 6.71. The zero-order chi connectivity index (χ0) is 21.8. The maximum atomic E-state index is 12.9. The predicted molar refractivity (Wildman–Crippen MR) is 120 cm³/mol. The third-order valence-corrected chi connectivity index (χ3v) is 5.28. The molecule has 31 heavy (non-hydrogen) atoms. The summed E-state index contributed by atoms with van der Waals surface area (Å²) in [5.74, 6) is 2.50. The number of carbonyl (C=O) groups excluding carboxylic acids is 1. The fourth-order valence-corrected chi connectivity index (χ4v) is 3.73. The Labute approximate surface area is 182 Å². The number of benzene rings is 2. The van der Waals surface area contributed by atoms with Crippen LogP contribution in [0.25, 0.3) is 5.69 Å². The summed E-state index contributed by atoms with van der Waals surface area (Å²) in [6, 6.07) is 15.3. The first-order valence-electron chi connectivity index (χ1n) is 10.5. The molecular formula is C24H28N4O3. The Morgan fingerprint density at radius 2 is 1.74 bits per heavy atom. The number of ether oxygens (including phenoxy) is 2. The number of hydrogen-bond donors (Lipinski definition) is 0. The van der Waals surface area contributed by atoms with Gasteiger partial charge in [0.15, 0.2) is 0 Å². The molecule has 162 valence electrons. The number of rotatable bonds is 6. The van der Waals surface area contributed by atoms with Crippen LogP contribution in [-0.4, -0.2) is 59.8 Å². The van der Waals surface area contributed by atoms with Crippen molar-refractivity contribution >= 4 is 11.9 Å². The highest BCUT2D eigenvalue weighted by Gasteiger charge is 2.24. The third kappa shape index (κ3) is 4.66. The van der Waals surface area contributed by atoms with Crippen LogP contribution < -0.4 is 14.4 Å². The van der Waals surface area contributed by atoms with E-state index in [1.807, 2.05) is 78.0 Å². The number of hydrogen-bond acceptors (Lipinski definition) is 5. The molecule has 4 rings (SSSR count).